The number of aliphatic hydroxyl groups is 2. The maximum absolute atomic E-state index is 10.7. The Kier molecular flexibility index (Phi) is 33.3. The number of aliphatic hydroxyl groups excluding tert-OH is 2. The standard InChI is InChI=1S/2C21H23N2.C14H15N.C14H14N.CHF3O3S.2CH4O.2Ir/c2*1-15(2)18-11-8-12-19(16(3)4)20(18)23-14-13-22-21(23)17-9-6-5-7-10-17;2*1-14(2,12-8-4-3-5-9-12)13-10-6-7-11-15-13;2-1(3,4)8(5,6)7;2*1-2;;/h2*5-9,11-16H,1-4H3;3-11H,1-2H3;3-8,10-11H,1-2H3;(H,5,6,7);2*2H,1H3;;/q2*-1;;-1;;;;;/p-1. The van der Waals surface area contributed by atoms with Crippen LogP contribution in [0.3, 0.4) is 0 Å². The Hall–Kier alpha value is -7.04. The molecule has 0 spiro atoms. The summed E-state index contributed by atoms with van der Waals surface area (Å²) in [6, 6.07) is 69.7. The van der Waals surface area contributed by atoms with Gasteiger partial charge in [-0.1, -0.05) is 162 Å². The number of pyridine rings is 2. The maximum atomic E-state index is 10.7. The third kappa shape index (κ3) is 21.8. The number of aromatic nitrogens is 6. The molecule has 2 radical (unpaired) electrons. The zero-order chi connectivity index (χ0) is 65.2. The molecule has 6 aromatic carbocycles. The second-order valence-corrected chi connectivity index (χ2v) is 23.6. The van der Waals surface area contributed by atoms with Crippen LogP contribution >= 0.6 is 0 Å². The minimum atomic E-state index is -6.09. The Bertz CT molecular complexity index is 3350. The van der Waals surface area contributed by atoms with Crippen LogP contribution in [0.15, 0.2) is 213 Å². The van der Waals surface area contributed by atoms with E-state index in [1.807, 2.05) is 110 Å². The van der Waals surface area contributed by atoms with Crippen molar-refractivity contribution in [2.24, 2.45) is 0 Å². The Morgan fingerprint density at radius 2 is 0.767 bits per heavy atom. The summed E-state index contributed by atoms with van der Waals surface area (Å²) < 4.78 is 63.3. The van der Waals surface area contributed by atoms with Gasteiger partial charge in [-0.05, 0) is 75.8 Å². The predicted octanol–water partition coefficient (Wildman–Crippen LogP) is 17.1. The molecule has 484 valence electrons. The first-order valence-electron chi connectivity index (χ1n) is 28.9. The summed E-state index contributed by atoms with van der Waals surface area (Å²) >= 11 is 0. The van der Waals surface area contributed by atoms with Gasteiger partial charge < -0.3 is 23.9 Å². The predicted molar refractivity (Wildman–Crippen MR) is 349 cm³/mol. The summed E-state index contributed by atoms with van der Waals surface area (Å²) in [5, 5.41) is 14.0. The second-order valence-electron chi connectivity index (χ2n) is 22.2. The van der Waals surface area contributed by atoms with Crippen LogP contribution in [0, 0.1) is 18.2 Å². The van der Waals surface area contributed by atoms with E-state index < -0.39 is 15.6 Å². The van der Waals surface area contributed by atoms with Crippen molar-refractivity contribution in [3.8, 4) is 34.2 Å². The topological polar surface area (TPSA) is 159 Å². The SMILES string of the molecule is CC(C)(c1[c-]cccc1)c1ccccn1.CC(C)(c1ccccc1)c1ccccn1.CC(C)c1cccc(C(C)C)c1-n1ccnc1-c1[c-]cccc1.CC(C)c1cccc(C(C)C)c1-n1ccnc1-c1[c-]cccc1.CO.CO.O=S(=O)([O-])C(F)(F)F.[Ir].[Ir]. The van der Waals surface area contributed by atoms with Gasteiger partial charge in [0.15, 0.2) is 10.1 Å². The fourth-order valence-electron chi connectivity index (χ4n) is 9.40. The number of imidazole rings is 2. The first-order valence-corrected chi connectivity index (χ1v) is 30.3. The van der Waals surface area contributed by atoms with Crippen molar-refractivity contribution in [2.45, 2.75) is 123 Å². The number of rotatable bonds is 12. The van der Waals surface area contributed by atoms with Gasteiger partial charge in [-0.15, -0.1) is 71.8 Å². The van der Waals surface area contributed by atoms with E-state index in [1.165, 1.54) is 44.8 Å². The fourth-order valence-corrected chi connectivity index (χ4v) is 9.40. The molecule has 0 amide bonds. The van der Waals surface area contributed by atoms with Gasteiger partial charge in [0.2, 0.25) is 0 Å². The van der Waals surface area contributed by atoms with E-state index in [2.05, 4.69) is 234 Å². The summed E-state index contributed by atoms with van der Waals surface area (Å²) in [7, 11) is -4.09. The van der Waals surface area contributed by atoms with E-state index in [4.69, 9.17) is 23.2 Å². The average Bonchev–Trinajstić information content (AvgIpc) is 3.02. The number of nitrogens with zero attached hydrogens (tertiary/aromatic N) is 6. The van der Waals surface area contributed by atoms with Crippen LogP contribution in [-0.4, -0.2) is 72.0 Å². The quantitative estimate of drug-likeness (QED) is 0.0690. The molecule has 90 heavy (non-hydrogen) atoms. The number of hydrogen-bond acceptors (Lipinski definition) is 9. The van der Waals surface area contributed by atoms with Crippen molar-refractivity contribution in [3.05, 3.63) is 276 Å². The molecule has 0 aliphatic rings. The minimum Gasteiger partial charge on any atom is -0.741 e. The van der Waals surface area contributed by atoms with Crippen LogP contribution in [0.5, 0.6) is 0 Å². The minimum absolute atomic E-state index is 0. The molecule has 0 aliphatic heterocycles. The zero-order valence-electron chi connectivity index (χ0n) is 53.5. The third-order valence-corrected chi connectivity index (χ3v) is 14.7. The smallest absolute Gasteiger partial charge is 0.485 e. The second kappa shape index (κ2) is 38.0. The van der Waals surface area contributed by atoms with Gasteiger partial charge in [0.05, 0.1) is 17.3 Å². The average molecular weight is 1600 g/mol. The first kappa shape index (κ1) is 79.1. The van der Waals surface area contributed by atoms with Gasteiger partial charge in [-0.3, -0.25) is 19.9 Å². The Labute approximate surface area is 559 Å². The molecule has 4 aromatic heterocycles. The van der Waals surface area contributed by atoms with Gasteiger partial charge in [0.1, 0.15) is 0 Å². The van der Waals surface area contributed by atoms with E-state index in [1.54, 1.807) is 0 Å². The van der Waals surface area contributed by atoms with Crippen molar-refractivity contribution < 1.29 is 76.6 Å². The van der Waals surface area contributed by atoms with Crippen molar-refractivity contribution >= 4 is 10.1 Å². The van der Waals surface area contributed by atoms with Gasteiger partial charge in [0.25, 0.3) is 0 Å². The molecular formula is C73H83F3Ir2N6O5S-4. The van der Waals surface area contributed by atoms with Crippen LogP contribution < -0.4 is 0 Å². The van der Waals surface area contributed by atoms with E-state index in [0.717, 1.165) is 48.4 Å². The Balaban J connectivity index is 0.000000389. The maximum Gasteiger partial charge on any atom is 0.485 e. The monoisotopic (exact) mass is 1600 g/mol. The van der Waals surface area contributed by atoms with Crippen LogP contribution in [0.25, 0.3) is 34.2 Å². The van der Waals surface area contributed by atoms with Crippen LogP contribution in [0.1, 0.15) is 152 Å². The molecule has 17 heteroatoms. The normalized spacial score (nSPS) is 11.0. The van der Waals surface area contributed by atoms with E-state index in [0.29, 0.717) is 23.7 Å². The van der Waals surface area contributed by atoms with Crippen molar-refractivity contribution in [2.75, 3.05) is 14.2 Å². The zero-order valence-corrected chi connectivity index (χ0v) is 59.1. The summed E-state index contributed by atoms with van der Waals surface area (Å²) in [5.74, 6) is 3.72. The first-order chi connectivity index (χ1) is 41.9. The van der Waals surface area contributed by atoms with Gasteiger partial charge in [-0.2, -0.15) is 49.1 Å². The van der Waals surface area contributed by atoms with E-state index in [-0.39, 0.29) is 51.0 Å². The van der Waals surface area contributed by atoms with Gasteiger partial charge in [-0.25, -0.2) is 8.42 Å². The Morgan fingerprint density at radius 1 is 0.433 bits per heavy atom. The number of hydrogen-bond donors (Lipinski definition) is 2. The molecule has 0 unspecified atom stereocenters. The summed E-state index contributed by atoms with van der Waals surface area (Å²) in [6.07, 6.45) is 11.5. The van der Waals surface area contributed by atoms with Crippen molar-refractivity contribution in [3.63, 3.8) is 0 Å². The Morgan fingerprint density at radius 3 is 1.07 bits per heavy atom. The number of alkyl halides is 3. The molecule has 0 fully saturated rings. The molecule has 0 saturated carbocycles. The fraction of sp³-hybridized carbons (Fsp3) is 0.288. The molecule has 0 bridgehead atoms. The molecule has 0 aliphatic carbocycles. The summed E-state index contributed by atoms with van der Waals surface area (Å²) in [5.41, 5.74) is 8.88. The third-order valence-electron chi connectivity index (χ3n) is 14.1. The van der Waals surface area contributed by atoms with Crippen LogP contribution in [0.2, 0.25) is 0 Å². The molecule has 0 saturated heterocycles. The van der Waals surface area contributed by atoms with Crippen LogP contribution in [0.4, 0.5) is 13.2 Å². The van der Waals surface area contributed by atoms with Crippen molar-refractivity contribution in [1.29, 1.82) is 0 Å². The number of para-hydroxylation sites is 2. The summed E-state index contributed by atoms with van der Waals surface area (Å²) in [6.45, 7) is 26.7. The molecule has 10 aromatic rings. The van der Waals surface area contributed by atoms with E-state index >= 15 is 0 Å². The molecule has 10 rings (SSSR count). The van der Waals surface area contributed by atoms with Gasteiger partial charge >= 0.3 is 5.51 Å². The molecule has 11 nitrogen and oxygen atoms in total. The number of halogens is 3. The van der Waals surface area contributed by atoms with Crippen LogP contribution in [-0.2, 0) is 61.2 Å². The molecule has 2 N–H and O–H groups in total. The molecule has 0 atom stereocenters. The van der Waals surface area contributed by atoms with Crippen molar-refractivity contribution in [1.82, 2.24) is 29.1 Å². The molecular weight excluding hydrogens is 1510 g/mol. The van der Waals surface area contributed by atoms with Gasteiger partial charge in [0, 0.05) is 120 Å². The summed E-state index contributed by atoms with van der Waals surface area (Å²) in [4.78, 5) is 18.0. The number of benzene rings is 6. The van der Waals surface area contributed by atoms with E-state index in [9.17, 15) is 13.2 Å². The largest absolute Gasteiger partial charge is 0.741 e. The molecule has 4 heterocycles.